The number of hydrogen-bond donors (Lipinski definition) is 1. The number of hydrogen-bond acceptors (Lipinski definition) is 1. The SMILES string of the molecule is CCCc1ccc(C2(C)CC(=O)NC2CC(C)C)cc1. The maximum Gasteiger partial charge on any atom is 0.221 e. The van der Waals surface area contributed by atoms with Gasteiger partial charge in [0.25, 0.3) is 0 Å². The number of nitrogens with one attached hydrogen (secondary N) is 1. The number of carbonyl (C=O) groups is 1. The number of rotatable bonds is 5. The van der Waals surface area contributed by atoms with Crippen LogP contribution in [0.15, 0.2) is 24.3 Å². The fraction of sp³-hybridized carbons (Fsp3) is 0.611. The Hall–Kier alpha value is -1.31. The van der Waals surface area contributed by atoms with Gasteiger partial charge in [0.05, 0.1) is 0 Å². The Morgan fingerprint density at radius 3 is 2.50 bits per heavy atom. The van der Waals surface area contributed by atoms with Crippen molar-refractivity contribution < 1.29 is 4.79 Å². The van der Waals surface area contributed by atoms with E-state index < -0.39 is 0 Å². The van der Waals surface area contributed by atoms with Crippen molar-refractivity contribution in [3.05, 3.63) is 35.4 Å². The summed E-state index contributed by atoms with van der Waals surface area (Å²) in [4.78, 5) is 11.9. The first-order valence-electron chi connectivity index (χ1n) is 7.84. The van der Waals surface area contributed by atoms with Crippen LogP contribution in [0.5, 0.6) is 0 Å². The molecule has 0 radical (unpaired) electrons. The van der Waals surface area contributed by atoms with E-state index in [0.29, 0.717) is 12.3 Å². The lowest BCUT2D eigenvalue weighted by Gasteiger charge is -2.32. The van der Waals surface area contributed by atoms with Gasteiger partial charge in [0.15, 0.2) is 0 Å². The highest BCUT2D eigenvalue weighted by molar-refractivity contribution is 5.81. The molecular formula is C18H27NO. The maximum atomic E-state index is 11.9. The average Bonchev–Trinajstić information content (AvgIpc) is 2.65. The fourth-order valence-corrected chi connectivity index (χ4v) is 3.30. The molecule has 1 N–H and O–H groups in total. The van der Waals surface area contributed by atoms with Gasteiger partial charge in [-0.05, 0) is 29.9 Å². The minimum absolute atomic E-state index is 0.0634. The number of carbonyl (C=O) groups excluding carboxylic acids is 1. The van der Waals surface area contributed by atoms with Crippen LogP contribution in [0.2, 0.25) is 0 Å². The molecule has 110 valence electrons. The minimum Gasteiger partial charge on any atom is -0.352 e. The van der Waals surface area contributed by atoms with Crippen molar-refractivity contribution >= 4 is 5.91 Å². The first kappa shape index (κ1) is 15.1. The lowest BCUT2D eigenvalue weighted by atomic mass is 9.73. The standard InChI is InChI=1S/C18H27NO/c1-5-6-14-7-9-15(10-8-14)18(4)12-17(20)19-16(18)11-13(2)3/h7-10,13,16H,5-6,11-12H2,1-4H3,(H,19,20). The Bertz CT molecular complexity index is 463. The Morgan fingerprint density at radius 1 is 1.30 bits per heavy atom. The van der Waals surface area contributed by atoms with E-state index in [0.717, 1.165) is 12.8 Å². The third kappa shape index (κ3) is 3.05. The second-order valence-corrected chi connectivity index (χ2v) is 6.79. The van der Waals surface area contributed by atoms with Crippen LogP contribution in [0.25, 0.3) is 0 Å². The van der Waals surface area contributed by atoms with Gasteiger partial charge in [-0.3, -0.25) is 4.79 Å². The van der Waals surface area contributed by atoms with Crippen LogP contribution < -0.4 is 5.32 Å². The molecule has 2 unspecified atom stereocenters. The van der Waals surface area contributed by atoms with Crippen LogP contribution in [-0.2, 0) is 16.6 Å². The van der Waals surface area contributed by atoms with Crippen molar-refractivity contribution in [1.29, 1.82) is 0 Å². The summed E-state index contributed by atoms with van der Waals surface area (Å²) in [6.45, 7) is 8.87. The third-order valence-corrected chi connectivity index (χ3v) is 4.49. The molecule has 0 aliphatic carbocycles. The van der Waals surface area contributed by atoms with Gasteiger partial charge in [0.1, 0.15) is 0 Å². The van der Waals surface area contributed by atoms with Gasteiger partial charge in [0, 0.05) is 17.9 Å². The molecule has 1 aromatic carbocycles. The van der Waals surface area contributed by atoms with E-state index in [1.807, 2.05) is 0 Å². The molecule has 1 saturated heterocycles. The van der Waals surface area contributed by atoms with E-state index in [2.05, 4.69) is 57.3 Å². The van der Waals surface area contributed by atoms with E-state index >= 15 is 0 Å². The van der Waals surface area contributed by atoms with Crippen molar-refractivity contribution in [2.45, 2.75) is 64.8 Å². The molecule has 0 bridgehead atoms. The van der Waals surface area contributed by atoms with Gasteiger partial charge in [-0.1, -0.05) is 58.4 Å². The zero-order valence-corrected chi connectivity index (χ0v) is 13.2. The van der Waals surface area contributed by atoms with Crippen LogP contribution in [0, 0.1) is 5.92 Å². The summed E-state index contributed by atoms with van der Waals surface area (Å²) < 4.78 is 0. The van der Waals surface area contributed by atoms with Gasteiger partial charge < -0.3 is 5.32 Å². The second-order valence-electron chi connectivity index (χ2n) is 6.79. The topological polar surface area (TPSA) is 29.1 Å². The Morgan fingerprint density at radius 2 is 1.95 bits per heavy atom. The highest BCUT2D eigenvalue weighted by Crippen LogP contribution is 2.38. The van der Waals surface area contributed by atoms with Crippen molar-refractivity contribution in [2.75, 3.05) is 0 Å². The summed E-state index contributed by atoms with van der Waals surface area (Å²) in [6.07, 6.45) is 3.95. The predicted octanol–water partition coefficient (Wildman–Crippen LogP) is 3.83. The molecule has 1 heterocycles. The first-order valence-corrected chi connectivity index (χ1v) is 7.84. The zero-order chi connectivity index (χ0) is 14.8. The number of benzene rings is 1. The fourth-order valence-electron chi connectivity index (χ4n) is 3.30. The molecule has 2 nitrogen and oxygen atoms in total. The van der Waals surface area contributed by atoms with Gasteiger partial charge in [-0.2, -0.15) is 0 Å². The van der Waals surface area contributed by atoms with Crippen LogP contribution in [0.1, 0.15) is 58.1 Å². The summed E-state index contributed by atoms with van der Waals surface area (Å²) >= 11 is 0. The molecule has 2 heteroatoms. The highest BCUT2D eigenvalue weighted by atomic mass is 16.2. The van der Waals surface area contributed by atoms with Gasteiger partial charge in [0.2, 0.25) is 5.91 Å². The molecule has 20 heavy (non-hydrogen) atoms. The normalized spacial score (nSPS) is 26.1. The summed E-state index contributed by atoms with van der Waals surface area (Å²) in [5, 5.41) is 3.18. The van der Waals surface area contributed by atoms with Crippen LogP contribution >= 0.6 is 0 Å². The Labute approximate surface area is 123 Å². The minimum atomic E-state index is -0.0634. The smallest absolute Gasteiger partial charge is 0.221 e. The molecule has 1 amide bonds. The predicted molar refractivity (Wildman–Crippen MR) is 83.8 cm³/mol. The van der Waals surface area contributed by atoms with Gasteiger partial charge in [-0.25, -0.2) is 0 Å². The lowest BCUT2D eigenvalue weighted by molar-refractivity contribution is -0.119. The quantitative estimate of drug-likeness (QED) is 0.868. The van der Waals surface area contributed by atoms with E-state index in [-0.39, 0.29) is 17.4 Å². The molecule has 1 fully saturated rings. The summed E-state index contributed by atoms with van der Waals surface area (Å²) in [5.41, 5.74) is 2.62. The molecule has 1 aliphatic heterocycles. The molecular weight excluding hydrogens is 246 g/mol. The molecule has 1 aromatic rings. The van der Waals surface area contributed by atoms with Crippen molar-refractivity contribution in [3.8, 4) is 0 Å². The van der Waals surface area contributed by atoms with Crippen LogP contribution in [-0.4, -0.2) is 11.9 Å². The van der Waals surface area contributed by atoms with Gasteiger partial charge >= 0.3 is 0 Å². The molecule has 0 aromatic heterocycles. The van der Waals surface area contributed by atoms with E-state index in [4.69, 9.17) is 0 Å². The third-order valence-electron chi connectivity index (χ3n) is 4.49. The van der Waals surface area contributed by atoms with Crippen LogP contribution in [0.3, 0.4) is 0 Å². The largest absolute Gasteiger partial charge is 0.352 e. The zero-order valence-electron chi connectivity index (χ0n) is 13.2. The molecule has 1 aliphatic rings. The van der Waals surface area contributed by atoms with Crippen molar-refractivity contribution in [3.63, 3.8) is 0 Å². The van der Waals surface area contributed by atoms with Crippen molar-refractivity contribution in [1.82, 2.24) is 5.32 Å². The van der Waals surface area contributed by atoms with Gasteiger partial charge in [-0.15, -0.1) is 0 Å². The molecule has 2 rings (SSSR count). The van der Waals surface area contributed by atoms with E-state index in [1.165, 1.54) is 17.5 Å². The highest BCUT2D eigenvalue weighted by Gasteiger charge is 2.44. The summed E-state index contributed by atoms with van der Waals surface area (Å²) in [7, 11) is 0. The molecule has 2 atom stereocenters. The van der Waals surface area contributed by atoms with Crippen LogP contribution in [0.4, 0.5) is 0 Å². The Kier molecular flexibility index (Phi) is 4.52. The lowest BCUT2D eigenvalue weighted by Crippen LogP contribution is -2.39. The molecule has 0 saturated carbocycles. The molecule has 0 spiro atoms. The second kappa shape index (κ2) is 5.99. The average molecular weight is 273 g/mol. The van der Waals surface area contributed by atoms with Crippen molar-refractivity contribution in [2.24, 2.45) is 5.92 Å². The number of amides is 1. The monoisotopic (exact) mass is 273 g/mol. The summed E-state index contributed by atoms with van der Waals surface area (Å²) in [5.74, 6) is 0.785. The van der Waals surface area contributed by atoms with E-state index in [9.17, 15) is 4.79 Å². The maximum absolute atomic E-state index is 11.9. The number of aryl methyl sites for hydroxylation is 1. The summed E-state index contributed by atoms with van der Waals surface area (Å²) in [6, 6.07) is 9.14. The van der Waals surface area contributed by atoms with E-state index in [1.54, 1.807) is 0 Å². The Balaban J connectivity index is 2.24. The first-order chi connectivity index (χ1) is 9.45.